The van der Waals surface area contributed by atoms with Crippen LogP contribution in [0.4, 0.5) is 0 Å². The Hall–Kier alpha value is -1.44. The van der Waals surface area contributed by atoms with E-state index in [1.54, 1.807) is 16.2 Å². The van der Waals surface area contributed by atoms with Gasteiger partial charge in [0.25, 0.3) is 5.91 Å². The van der Waals surface area contributed by atoms with Crippen LogP contribution in [0.1, 0.15) is 57.2 Å². The lowest BCUT2D eigenvalue weighted by Gasteiger charge is -2.24. The van der Waals surface area contributed by atoms with Crippen molar-refractivity contribution < 1.29 is 4.79 Å². The topological polar surface area (TPSA) is 73.9 Å². The molecule has 0 saturated carbocycles. The first kappa shape index (κ1) is 18.9. The second-order valence-electron chi connectivity index (χ2n) is 5.96. The van der Waals surface area contributed by atoms with Crippen LogP contribution in [-0.4, -0.2) is 39.6 Å². The number of aromatic nitrogens is 3. The molecule has 1 amide bonds. The molecule has 3 rings (SSSR count). The second-order valence-corrected chi connectivity index (χ2v) is 7.07. The summed E-state index contributed by atoms with van der Waals surface area (Å²) < 4.78 is 0. The van der Waals surface area contributed by atoms with Crippen LogP contribution in [0.5, 0.6) is 0 Å². The molecule has 0 aliphatic carbocycles. The standard InChI is InChI=1S/C16H23N5OS.ClH/c1-5-13-18-9(2)15(23-13)10(3)21(4)16(22)14-11-8-17-7-6-12(11)19-20-14;/h10,17H,5-8H2,1-4H3,(H,19,20);1H. The maximum atomic E-state index is 12.9. The van der Waals surface area contributed by atoms with Crippen LogP contribution in [0.15, 0.2) is 0 Å². The fourth-order valence-electron chi connectivity index (χ4n) is 2.93. The Morgan fingerprint density at radius 1 is 1.46 bits per heavy atom. The monoisotopic (exact) mass is 369 g/mol. The smallest absolute Gasteiger partial charge is 0.274 e. The summed E-state index contributed by atoms with van der Waals surface area (Å²) in [6.07, 6.45) is 1.82. The average Bonchev–Trinajstić information content (AvgIpc) is 3.16. The Bertz CT molecular complexity index is 726. The fourth-order valence-corrected chi connectivity index (χ4v) is 4.03. The fraction of sp³-hybridized carbons (Fsp3) is 0.562. The third kappa shape index (κ3) is 3.34. The number of hydrogen-bond acceptors (Lipinski definition) is 5. The van der Waals surface area contributed by atoms with Crippen LogP contribution in [0, 0.1) is 6.92 Å². The predicted molar refractivity (Wildman–Crippen MR) is 98.0 cm³/mol. The van der Waals surface area contributed by atoms with E-state index in [9.17, 15) is 4.79 Å². The Morgan fingerprint density at radius 3 is 2.88 bits per heavy atom. The molecule has 0 bridgehead atoms. The van der Waals surface area contributed by atoms with E-state index in [0.29, 0.717) is 12.2 Å². The summed E-state index contributed by atoms with van der Waals surface area (Å²) in [6.45, 7) is 7.80. The quantitative estimate of drug-likeness (QED) is 0.868. The Kier molecular flexibility index (Phi) is 6.01. The summed E-state index contributed by atoms with van der Waals surface area (Å²) in [5.74, 6) is -0.0375. The van der Waals surface area contributed by atoms with Gasteiger partial charge in [0.15, 0.2) is 5.69 Å². The number of rotatable bonds is 4. The van der Waals surface area contributed by atoms with Gasteiger partial charge in [-0.25, -0.2) is 4.98 Å². The number of nitrogens with zero attached hydrogens (tertiary/aromatic N) is 3. The van der Waals surface area contributed by atoms with Gasteiger partial charge in [0.05, 0.1) is 16.7 Å². The number of amides is 1. The molecule has 2 aromatic heterocycles. The van der Waals surface area contributed by atoms with Crippen molar-refractivity contribution in [3.8, 4) is 0 Å². The number of carbonyl (C=O) groups excluding carboxylic acids is 1. The summed E-state index contributed by atoms with van der Waals surface area (Å²) in [4.78, 5) is 20.4. The van der Waals surface area contributed by atoms with Crippen LogP contribution < -0.4 is 5.32 Å². The lowest BCUT2D eigenvalue weighted by atomic mass is 10.1. The van der Waals surface area contributed by atoms with Crippen LogP contribution in [0.3, 0.4) is 0 Å². The van der Waals surface area contributed by atoms with Crippen molar-refractivity contribution in [2.75, 3.05) is 13.6 Å². The molecule has 0 spiro atoms. The summed E-state index contributed by atoms with van der Waals surface area (Å²) in [5.41, 5.74) is 3.65. The highest BCUT2D eigenvalue weighted by Crippen LogP contribution is 2.30. The molecule has 0 radical (unpaired) electrons. The van der Waals surface area contributed by atoms with Gasteiger partial charge in [-0.3, -0.25) is 9.89 Å². The van der Waals surface area contributed by atoms with E-state index in [-0.39, 0.29) is 24.4 Å². The summed E-state index contributed by atoms with van der Waals surface area (Å²) in [5, 5.41) is 11.7. The van der Waals surface area contributed by atoms with Crippen molar-refractivity contribution in [1.29, 1.82) is 0 Å². The second kappa shape index (κ2) is 7.63. The molecule has 1 aliphatic rings. The van der Waals surface area contributed by atoms with Crippen LogP contribution in [-0.2, 0) is 19.4 Å². The molecule has 24 heavy (non-hydrogen) atoms. The molecule has 0 saturated heterocycles. The molecule has 6 nitrogen and oxygen atoms in total. The van der Waals surface area contributed by atoms with E-state index >= 15 is 0 Å². The number of fused-ring (bicyclic) bond motifs is 1. The summed E-state index contributed by atoms with van der Waals surface area (Å²) in [7, 11) is 1.84. The van der Waals surface area contributed by atoms with E-state index in [4.69, 9.17) is 0 Å². The van der Waals surface area contributed by atoms with Crippen molar-refractivity contribution in [3.63, 3.8) is 0 Å². The van der Waals surface area contributed by atoms with Gasteiger partial charge in [-0.1, -0.05) is 6.92 Å². The zero-order valence-corrected chi connectivity index (χ0v) is 16.1. The van der Waals surface area contributed by atoms with Crippen LogP contribution >= 0.6 is 23.7 Å². The zero-order chi connectivity index (χ0) is 16.6. The van der Waals surface area contributed by atoms with E-state index < -0.39 is 0 Å². The number of thiazole rings is 1. The number of halogens is 1. The van der Waals surface area contributed by atoms with Gasteiger partial charge in [-0.05, 0) is 20.3 Å². The number of hydrogen-bond donors (Lipinski definition) is 2. The zero-order valence-electron chi connectivity index (χ0n) is 14.5. The number of carbonyl (C=O) groups is 1. The molecule has 2 aromatic rings. The Labute approximate surface area is 152 Å². The van der Waals surface area contributed by atoms with E-state index in [1.165, 1.54) is 0 Å². The van der Waals surface area contributed by atoms with E-state index in [0.717, 1.165) is 46.2 Å². The molecule has 1 aliphatic heterocycles. The highest BCUT2D eigenvalue weighted by molar-refractivity contribution is 7.11. The third-order valence-corrected chi connectivity index (χ3v) is 5.94. The molecule has 0 fully saturated rings. The number of aryl methyl sites for hydroxylation is 2. The largest absolute Gasteiger partial charge is 0.333 e. The Morgan fingerprint density at radius 2 is 2.21 bits per heavy atom. The molecular formula is C16H24ClN5OS. The first-order valence-electron chi connectivity index (χ1n) is 8.03. The molecule has 1 atom stereocenters. The van der Waals surface area contributed by atoms with Crippen molar-refractivity contribution in [2.45, 2.75) is 46.2 Å². The number of aromatic amines is 1. The van der Waals surface area contributed by atoms with Crippen molar-refractivity contribution in [1.82, 2.24) is 25.4 Å². The van der Waals surface area contributed by atoms with Gasteiger partial charge < -0.3 is 10.2 Å². The van der Waals surface area contributed by atoms with E-state index in [1.807, 2.05) is 14.0 Å². The van der Waals surface area contributed by atoms with Gasteiger partial charge in [0.1, 0.15) is 0 Å². The molecular weight excluding hydrogens is 346 g/mol. The minimum Gasteiger partial charge on any atom is -0.333 e. The van der Waals surface area contributed by atoms with Crippen LogP contribution in [0.2, 0.25) is 0 Å². The molecule has 0 aromatic carbocycles. The van der Waals surface area contributed by atoms with Crippen molar-refractivity contribution in [3.05, 3.63) is 32.5 Å². The Balaban J connectivity index is 0.00000208. The van der Waals surface area contributed by atoms with E-state index in [2.05, 4.69) is 34.3 Å². The summed E-state index contributed by atoms with van der Waals surface area (Å²) >= 11 is 1.69. The third-order valence-electron chi connectivity index (χ3n) is 4.47. The van der Waals surface area contributed by atoms with Crippen molar-refractivity contribution in [2.24, 2.45) is 0 Å². The van der Waals surface area contributed by atoms with Crippen LogP contribution in [0.25, 0.3) is 0 Å². The molecule has 2 N–H and O–H groups in total. The molecule has 8 heteroatoms. The van der Waals surface area contributed by atoms with Gasteiger partial charge in [-0.15, -0.1) is 23.7 Å². The molecule has 132 valence electrons. The first-order valence-corrected chi connectivity index (χ1v) is 8.84. The van der Waals surface area contributed by atoms with Gasteiger partial charge >= 0.3 is 0 Å². The lowest BCUT2D eigenvalue weighted by Crippen LogP contribution is -2.32. The lowest BCUT2D eigenvalue weighted by molar-refractivity contribution is 0.0737. The normalized spacial score (nSPS) is 14.7. The predicted octanol–water partition coefficient (Wildman–Crippen LogP) is 2.64. The highest BCUT2D eigenvalue weighted by Gasteiger charge is 2.28. The minimum atomic E-state index is -0.0375. The number of H-pyrrole nitrogens is 1. The molecule has 3 heterocycles. The van der Waals surface area contributed by atoms with Gasteiger partial charge in [0, 0.05) is 42.7 Å². The van der Waals surface area contributed by atoms with Crippen molar-refractivity contribution >= 4 is 29.7 Å². The number of nitrogens with one attached hydrogen (secondary N) is 2. The van der Waals surface area contributed by atoms with Gasteiger partial charge in [0.2, 0.25) is 0 Å². The molecule has 1 unspecified atom stereocenters. The first-order chi connectivity index (χ1) is 11.0. The SMILES string of the molecule is CCc1nc(C)c(C(C)N(C)C(=O)c2n[nH]c3c2CNCC3)s1.Cl. The average molecular weight is 370 g/mol. The highest BCUT2D eigenvalue weighted by atomic mass is 35.5. The maximum Gasteiger partial charge on any atom is 0.274 e. The minimum absolute atomic E-state index is 0. The maximum absolute atomic E-state index is 12.9. The van der Waals surface area contributed by atoms with Gasteiger partial charge in [-0.2, -0.15) is 5.10 Å². The summed E-state index contributed by atoms with van der Waals surface area (Å²) in [6, 6.07) is -0.0100.